The number of para-hydroxylation sites is 1. The summed E-state index contributed by atoms with van der Waals surface area (Å²) in [6, 6.07) is 12.3. The maximum atomic E-state index is 13.1. The molecule has 32 heavy (non-hydrogen) atoms. The Morgan fingerprint density at radius 2 is 1.84 bits per heavy atom. The molecule has 0 saturated carbocycles. The molecule has 0 aliphatic heterocycles. The number of hydrogen-bond acceptors (Lipinski definition) is 5. The highest BCUT2D eigenvalue weighted by atomic mass is 32.2. The van der Waals surface area contributed by atoms with E-state index in [4.69, 9.17) is 4.74 Å². The van der Waals surface area contributed by atoms with Crippen molar-refractivity contribution >= 4 is 23.4 Å². The van der Waals surface area contributed by atoms with Gasteiger partial charge in [0, 0.05) is 12.6 Å². The topological polar surface area (TPSA) is 69.0 Å². The largest absolute Gasteiger partial charge is 0.494 e. The van der Waals surface area contributed by atoms with Crippen LogP contribution >= 0.6 is 11.8 Å². The molecule has 3 rings (SSSR count). The number of alkyl halides is 3. The molecule has 0 aliphatic carbocycles. The van der Waals surface area contributed by atoms with Crippen LogP contribution in [0.25, 0.3) is 11.4 Å². The Balaban J connectivity index is 1.61. The summed E-state index contributed by atoms with van der Waals surface area (Å²) in [5, 5.41) is 11.1. The molecular weight excluding hydrogens is 441 g/mol. The van der Waals surface area contributed by atoms with Crippen molar-refractivity contribution in [2.24, 2.45) is 7.05 Å². The molecule has 0 saturated heterocycles. The van der Waals surface area contributed by atoms with Gasteiger partial charge in [-0.3, -0.25) is 4.79 Å². The molecule has 0 bridgehead atoms. The second kappa shape index (κ2) is 10.5. The van der Waals surface area contributed by atoms with Gasteiger partial charge in [0.25, 0.3) is 0 Å². The molecular formula is C22H23F3N4O2S. The van der Waals surface area contributed by atoms with Crippen LogP contribution in [0.4, 0.5) is 18.9 Å². The molecule has 2 aromatic carbocycles. The molecule has 0 atom stereocenters. The highest BCUT2D eigenvalue weighted by Crippen LogP contribution is 2.34. The number of anilines is 1. The Morgan fingerprint density at radius 3 is 2.53 bits per heavy atom. The number of rotatable bonds is 9. The number of nitrogens with one attached hydrogen (secondary N) is 1. The first-order valence-corrected chi connectivity index (χ1v) is 11.0. The van der Waals surface area contributed by atoms with Crippen molar-refractivity contribution in [3.63, 3.8) is 0 Å². The number of aromatic nitrogens is 3. The lowest BCUT2D eigenvalue weighted by Crippen LogP contribution is -2.18. The van der Waals surface area contributed by atoms with E-state index in [1.54, 1.807) is 11.6 Å². The standard InChI is InChI=1S/C22H23F3N4O2S/c1-3-4-13-31-16-11-9-15(10-12-16)20-27-28-21(29(20)2)32-14-19(30)26-18-8-6-5-7-17(18)22(23,24)25/h5-12H,3-4,13-14H2,1-2H3,(H,26,30). The van der Waals surface area contributed by atoms with Crippen molar-refractivity contribution in [2.45, 2.75) is 31.1 Å². The van der Waals surface area contributed by atoms with Crippen LogP contribution in [-0.2, 0) is 18.0 Å². The van der Waals surface area contributed by atoms with E-state index in [1.807, 2.05) is 24.3 Å². The van der Waals surface area contributed by atoms with Crippen molar-refractivity contribution in [2.75, 3.05) is 17.7 Å². The maximum Gasteiger partial charge on any atom is 0.418 e. The highest BCUT2D eigenvalue weighted by Gasteiger charge is 2.33. The summed E-state index contributed by atoms with van der Waals surface area (Å²) in [4.78, 5) is 12.2. The number of halogens is 3. The molecule has 1 heterocycles. The Kier molecular flexibility index (Phi) is 7.79. The monoisotopic (exact) mass is 464 g/mol. The van der Waals surface area contributed by atoms with Gasteiger partial charge in [0.1, 0.15) is 5.75 Å². The molecule has 0 unspecified atom stereocenters. The molecule has 1 N–H and O–H groups in total. The fraction of sp³-hybridized carbons (Fsp3) is 0.318. The van der Waals surface area contributed by atoms with Gasteiger partial charge in [-0.25, -0.2) is 0 Å². The second-order valence-corrected chi connectivity index (χ2v) is 7.91. The van der Waals surface area contributed by atoms with E-state index in [1.165, 1.54) is 18.2 Å². The van der Waals surface area contributed by atoms with E-state index >= 15 is 0 Å². The van der Waals surface area contributed by atoms with Crippen molar-refractivity contribution < 1.29 is 22.7 Å². The first-order chi connectivity index (χ1) is 15.3. The number of amides is 1. The Hall–Kier alpha value is -3.01. The molecule has 170 valence electrons. The SMILES string of the molecule is CCCCOc1ccc(-c2nnc(SCC(=O)Nc3ccccc3C(F)(F)F)n2C)cc1. The van der Waals surface area contributed by atoms with Crippen molar-refractivity contribution in [3.05, 3.63) is 54.1 Å². The van der Waals surface area contributed by atoms with E-state index in [2.05, 4.69) is 22.4 Å². The summed E-state index contributed by atoms with van der Waals surface area (Å²) in [6.45, 7) is 2.76. The third-order valence-electron chi connectivity index (χ3n) is 4.55. The average molecular weight is 465 g/mol. The predicted octanol–water partition coefficient (Wildman–Crippen LogP) is 5.41. The quantitative estimate of drug-likeness (QED) is 0.339. The number of nitrogens with zero attached hydrogens (tertiary/aromatic N) is 3. The number of carbonyl (C=O) groups excluding carboxylic acids is 1. The smallest absolute Gasteiger partial charge is 0.418 e. The third kappa shape index (κ3) is 6.03. The minimum absolute atomic E-state index is 0.109. The number of ether oxygens (including phenoxy) is 1. The summed E-state index contributed by atoms with van der Waals surface area (Å²) in [7, 11) is 1.76. The lowest BCUT2D eigenvalue weighted by atomic mass is 10.1. The molecule has 0 aliphatic rings. The first-order valence-electron chi connectivity index (χ1n) is 10.0. The number of benzene rings is 2. The van der Waals surface area contributed by atoms with Crippen molar-refractivity contribution in [1.82, 2.24) is 14.8 Å². The van der Waals surface area contributed by atoms with Crippen molar-refractivity contribution in [3.8, 4) is 17.1 Å². The van der Waals surface area contributed by atoms with Crippen LogP contribution in [0, 0.1) is 0 Å². The van der Waals surface area contributed by atoms with Crippen LogP contribution in [0.3, 0.4) is 0 Å². The normalized spacial score (nSPS) is 11.4. The van der Waals surface area contributed by atoms with Gasteiger partial charge in [-0.1, -0.05) is 37.2 Å². The van der Waals surface area contributed by atoms with Crippen LogP contribution in [-0.4, -0.2) is 33.0 Å². The van der Waals surface area contributed by atoms with Gasteiger partial charge in [-0.15, -0.1) is 10.2 Å². The summed E-state index contributed by atoms with van der Waals surface area (Å²) >= 11 is 1.09. The maximum absolute atomic E-state index is 13.1. The number of carbonyl (C=O) groups is 1. The number of hydrogen-bond donors (Lipinski definition) is 1. The zero-order valence-corrected chi connectivity index (χ0v) is 18.5. The van der Waals surface area contributed by atoms with E-state index in [-0.39, 0.29) is 11.4 Å². The summed E-state index contributed by atoms with van der Waals surface area (Å²) < 4.78 is 46.6. The minimum Gasteiger partial charge on any atom is -0.494 e. The number of unbranched alkanes of at least 4 members (excludes halogenated alkanes) is 1. The zero-order valence-electron chi connectivity index (χ0n) is 17.6. The fourth-order valence-corrected chi connectivity index (χ4v) is 3.59. The molecule has 0 spiro atoms. The van der Waals surface area contributed by atoms with Gasteiger partial charge in [-0.2, -0.15) is 13.2 Å². The van der Waals surface area contributed by atoms with E-state index in [0.717, 1.165) is 42.0 Å². The van der Waals surface area contributed by atoms with Gasteiger partial charge in [0.05, 0.1) is 23.6 Å². The molecule has 1 amide bonds. The molecule has 10 heteroatoms. The highest BCUT2D eigenvalue weighted by molar-refractivity contribution is 7.99. The zero-order chi connectivity index (χ0) is 23.1. The Labute approximate surface area is 188 Å². The fourth-order valence-electron chi connectivity index (χ4n) is 2.88. The van der Waals surface area contributed by atoms with Gasteiger partial charge < -0.3 is 14.6 Å². The summed E-state index contributed by atoms with van der Waals surface area (Å²) in [5.74, 6) is 0.706. The van der Waals surface area contributed by atoms with Gasteiger partial charge in [0.2, 0.25) is 5.91 Å². The van der Waals surface area contributed by atoms with Gasteiger partial charge >= 0.3 is 6.18 Å². The summed E-state index contributed by atoms with van der Waals surface area (Å²) in [5.41, 5.74) is -0.329. The van der Waals surface area contributed by atoms with Crippen LogP contribution in [0.5, 0.6) is 5.75 Å². The van der Waals surface area contributed by atoms with E-state index in [9.17, 15) is 18.0 Å². The lowest BCUT2D eigenvalue weighted by Gasteiger charge is -2.13. The van der Waals surface area contributed by atoms with Crippen molar-refractivity contribution in [1.29, 1.82) is 0 Å². The van der Waals surface area contributed by atoms with Crippen LogP contribution in [0.2, 0.25) is 0 Å². The average Bonchev–Trinajstić information content (AvgIpc) is 3.13. The molecule has 0 radical (unpaired) electrons. The summed E-state index contributed by atoms with van der Waals surface area (Å²) in [6.07, 6.45) is -2.50. The molecule has 3 aromatic rings. The number of thioether (sulfide) groups is 1. The third-order valence-corrected chi connectivity index (χ3v) is 5.57. The van der Waals surface area contributed by atoms with Crippen LogP contribution in [0.15, 0.2) is 53.7 Å². The molecule has 1 aromatic heterocycles. The first kappa shape index (κ1) is 23.6. The van der Waals surface area contributed by atoms with E-state index < -0.39 is 17.6 Å². The minimum atomic E-state index is -4.55. The Bertz CT molecular complexity index is 1050. The van der Waals surface area contributed by atoms with E-state index in [0.29, 0.717) is 17.6 Å². The second-order valence-electron chi connectivity index (χ2n) is 6.97. The van der Waals surface area contributed by atoms with Crippen LogP contribution in [0.1, 0.15) is 25.3 Å². The molecule has 6 nitrogen and oxygen atoms in total. The molecule has 0 fully saturated rings. The van der Waals surface area contributed by atoms with Crippen LogP contribution < -0.4 is 10.1 Å². The lowest BCUT2D eigenvalue weighted by molar-refractivity contribution is -0.137. The predicted molar refractivity (Wildman–Crippen MR) is 118 cm³/mol. The van der Waals surface area contributed by atoms with Gasteiger partial charge in [-0.05, 0) is 42.8 Å². The Morgan fingerprint density at radius 1 is 1.12 bits per heavy atom. The van der Waals surface area contributed by atoms with Gasteiger partial charge in [0.15, 0.2) is 11.0 Å².